The fourth-order valence-electron chi connectivity index (χ4n) is 5.91. The van der Waals surface area contributed by atoms with Crippen molar-refractivity contribution in [2.75, 3.05) is 19.6 Å². The molecule has 2 bridgehead atoms. The van der Waals surface area contributed by atoms with Crippen LogP contribution in [0.3, 0.4) is 0 Å². The Hall–Kier alpha value is -1.89. The summed E-state index contributed by atoms with van der Waals surface area (Å²) in [6.45, 7) is 4.30. The van der Waals surface area contributed by atoms with Crippen LogP contribution in [0.15, 0.2) is 12.2 Å². The van der Waals surface area contributed by atoms with E-state index in [1.54, 1.807) is 0 Å². The number of likely N-dealkylation sites (tertiary alicyclic amines) is 1. The number of rotatable bonds is 6. The zero-order valence-electron chi connectivity index (χ0n) is 17.8. The Labute approximate surface area is 178 Å². The van der Waals surface area contributed by atoms with E-state index in [4.69, 9.17) is 14.6 Å². The van der Waals surface area contributed by atoms with Crippen LogP contribution in [0.4, 0.5) is 0 Å². The molecule has 2 amide bonds. The van der Waals surface area contributed by atoms with E-state index in [2.05, 4.69) is 29.3 Å². The molecule has 3 saturated heterocycles. The third kappa shape index (κ3) is 4.13. The van der Waals surface area contributed by atoms with E-state index in [0.29, 0.717) is 36.1 Å². The highest BCUT2D eigenvalue weighted by Crippen LogP contribution is 2.55. The van der Waals surface area contributed by atoms with Gasteiger partial charge < -0.3 is 20.1 Å². The van der Waals surface area contributed by atoms with Crippen LogP contribution in [0.5, 0.6) is 0 Å². The lowest BCUT2D eigenvalue weighted by Gasteiger charge is -2.29. The van der Waals surface area contributed by atoms with Crippen LogP contribution in [-0.2, 0) is 19.1 Å². The number of nitrogens with one attached hydrogen (secondary N) is 1. The van der Waals surface area contributed by atoms with Gasteiger partial charge >= 0.3 is 0 Å². The lowest BCUT2D eigenvalue weighted by Crippen LogP contribution is -2.41. The van der Waals surface area contributed by atoms with Gasteiger partial charge in [0.05, 0.1) is 18.2 Å². The lowest BCUT2D eigenvalue weighted by molar-refractivity contribution is -0.135. The van der Waals surface area contributed by atoms with Crippen molar-refractivity contribution in [3.8, 4) is 0 Å². The molecule has 0 radical (unpaired) electrons. The first-order chi connectivity index (χ1) is 14.4. The first-order valence-electron chi connectivity index (χ1n) is 11.4. The van der Waals surface area contributed by atoms with Crippen LogP contribution in [0.25, 0.3) is 0 Å². The van der Waals surface area contributed by atoms with E-state index in [-0.39, 0.29) is 30.0 Å². The summed E-state index contributed by atoms with van der Waals surface area (Å²) in [4.78, 5) is 35.6. The van der Waals surface area contributed by atoms with Crippen LogP contribution < -0.4 is 5.32 Å². The fraction of sp³-hybridized carbons (Fsp3) is 0.783. The zero-order chi connectivity index (χ0) is 21.4. The maximum absolute atomic E-state index is 12.9. The molecule has 166 valence electrons. The maximum Gasteiger partial charge on any atom is 0.290 e. The molecule has 2 N–H and O–H groups in total. The minimum Gasteiger partial charge on any atom is -0.483 e. The molecule has 0 aromatic carbocycles. The quantitative estimate of drug-likeness (QED) is 0.510. The predicted octanol–water partition coefficient (Wildman–Crippen LogP) is 2.36. The average Bonchev–Trinajstić information content (AvgIpc) is 3.21. The van der Waals surface area contributed by atoms with E-state index in [1.807, 2.05) is 0 Å². The Bertz CT molecular complexity index is 710. The molecule has 3 aliphatic heterocycles. The summed E-state index contributed by atoms with van der Waals surface area (Å²) < 4.78 is 6.44. The summed E-state index contributed by atoms with van der Waals surface area (Å²) in [5.74, 6) is 1.37. The van der Waals surface area contributed by atoms with Gasteiger partial charge in [-0.05, 0) is 50.4 Å². The summed E-state index contributed by atoms with van der Waals surface area (Å²) in [6, 6.07) is 0. The fourth-order valence-corrected chi connectivity index (χ4v) is 5.91. The molecule has 0 aromatic heterocycles. The normalized spacial score (nSPS) is 35.0. The molecule has 3 heterocycles. The molecular weight excluding hydrogens is 384 g/mol. The number of fused-ring (bicyclic) bond motifs is 1. The highest BCUT2D eigenvalue weighted by Gasteiger charge is 2.63. The highest BCUT2D eigenvalue weighted by atomic mass is 16.5. The molecular formula is C23H34N2O5. The third-order valence-electron chi connectivity index (χ3n) is 8.05. The van der Waals surface area contributed by atoms with Gasteiger partial charge in [-0.1, -0.05) is 19.1 Å². The Morgan fingerprint density at radius 2 is 1.97 bits per heavy atom. The van der Waals surface area contributed by atoms with Gasteiger partial charge in [-0.25, -0.2) is 0 Å². The van der Waals surface area contributed by atoms with Gasteiger partial charge in [0.2, 0.25) is 11.8 Å². The molecule has 0 unspecified atom stereocenters. The summed E-state index contributed by atoms with van der Waals surface area (Å²) in [6.07, 6.45) is 12.6. The van der Waals surface area contributed by atoms with Crippen LogP contribution >= 0.6 is 0 Å². The van der Waals surface area contributed by atoms with Crippen molar-refractivity contribution in [1.29, 1.82) is 0 Å². The molecule has 4 atom stereocenters. The Balaban J connectivity index is 0.000000687. The molecule has 0 aromatic rings. The van der Waals surface area contributed by atoms with Crippen molar-refractivity contribution >= 4 is 18.3 Å². The second-order valence-electron chi connectivity index (χ2n) is 10.1. The first-order valence-corrected chi connectivity index (χ1v) is 11.4. The molecule has 2 aliphatic carbocycles. The number of carboxylic acid groups (broad SMARTS) is 1. The van der Waals surface area contributed by atoms with Crippen molar-refractivity contribution in [2.45, 2.75) is 70.0 Å². The van der Waals surface area contributed by atoms with Crippen molar-refractivity contribution in [2.24, 2.45) is 23.2 Å². The number of carbonyl (C=O) groups is 3. The summed E-state index contributed by atoms with van der Waals surface area (Å²) in [5.41, 5.74) is 0.293. The van der Waals surface area contributed by atoms with Crippen molar-refractivity contribution in [3.63, 3.8) is 0 Å². The highest BCUT2D eigenvalue weighted by molar-refractivity contribution is 5.80. The van der Waals surface area contributed by atoms with Gasteiger partial charge in [0.25, 0.3) is 6.47 Å². The summed E-state index contributed by atoms with van der Waals surface area (Å²) >= 11 is 0. The van der Waals surface area contributed by atoms with Crippen LogP contribution in [0, 0.1) is 23.2 Å². The number of amides is 2. The number of carbonyl (C=O) groups excluding carboxylic acids is 2. The number of nitrogens with zero attached hydrogens (tertiary/aromatic N) is 1. The van der Waals surface area contributed by atoms with E-state index in [1.165, 1.54) is 12.8 Å². The molecule has 1 saturated carbocycles. The summed E-state index contributed by atoms with van der Waals surface area (Å²) in [5, 5.41) is 10.1. The number of allylic oxidation sites excluding steroid dienone is 2. The smallest absolute Gasteiger partial charge is 0.290 e. The Morgan fingerprint density at radius 1 is 1.27 bits per heavy atom. The largest absolute Gasteiger partial charge is 0.483 e. The molecule has 7 nitrogen and oxygen atoms in total. The van der Waals surface area contributed by atoms with Crippen molar-refractivity contribution < 1.29 is 24.2 Å². The Kier molecular flexibility index (Phi) is 5.93. The number of ether oxygens (including phenoxy) is 1. The molecule has 1 spiro atoms. The van der Waals surface area contributed by atoms with Gasteiger partial charge in [-0.3, -0.25) is 14.4 Å². The molecule has 5 aliphatic rings. The van der Waals surface area contributed by atoms with Crippen LogP contribution in [0.1, 0.15) is 58.3 Å². The van der Waals surface area contributed by atoms with Crippen molar-refractivity contribution in [3.05, 3.63) is 12.2 Å². The van der Waals surface area contributed by atoms with Crippen LogP contribution in [0.2, 0.25) is 0 Å². The van der Waals surface area contributed by atoms with Crippen LogP contribution in [-0.4, -0.2) is 59.6 Å². The molecule has 4 fully saturated rings. The van der Waals surface area contributed by atoms with E-state index in [9.17, 15) is 9.59 Å². The lowest BCUT2D eigenvalue weighted by atomic mass is 9.73. The standard InChI is InChI=1S/C22H32N2O3.CH2O2/c1-21(10-11-21)8-7-19(25)23-12-16-17-13-24(20(26)15-4-2-3-5-15)14-22(17)9-6-18(16)27-22;2-1-3/h2-3,15-18H,4-14H2,1H3,(H,23,25);1H,(H,2,3)/t16-,17+,18+,22+;/m0./s1. The first kappa shape index (κ1) is 21.3. The molecule has 7 heteroatoms. The topological polar surface area (TPSA) is 95.9 Å². The van der Waals surface area contributed by atoms with Gasteiger partial charge in [-0.2, -0.15) is 0 Å². The van der Waals surface area contributed by atoms with Gasteiger partial charge in [0.15, 0.2) is 0 Å². The number of hydrogen-bond acceptors (Lipinski definition) is 4. The van der Waals surface area contributed by atoms with Gasteiger partial charge in [0.1, 0.15) is 0 Å². The van der Waals surface area contributed by atoms with Crippen molar-refractivity contribution in [1.82, 2.24) is 10.2 Å². The second-order valence-corrected chi connectivity index (χ2v) is 10.1. The molecule has 5 rings (SSSR count). The van der Waals surface area contributed by atoms with E-state index < -0.39 is 0 Å². The molecule has 30 heavy (non-hydrogen) atoms. The minimum atomic E-state index is -0.250. The minimum absolute atomic E-state index is 0.136. The van der Waals surface area contributed by atoms with E-state index in [0.717, 1.165) is 45.2 Å². The average molecular weight is 419 g/mol. The maximum atomic E-state index is 12.9. The monoisotopic (exact) mass is 418 g/mol. The SMILES string of the molecule is CC1(CCC(=O)NC[C@H]2[C@H]3CN(C(=O)C4CC=CC4)C[C@]34CC[C@H]2O4)CC1.O=CO. The van der Waals surface area contributed by atoms with Gasteiger partial charge in [0, 0.05) is 37.3 Å². The second kappa shape index (κ2) is 8.33. The number of hydrogen-bond donors (Lipinski definition) is 2. The third-order valence-corrected chi connectivity index (χ3v) is 8.05. The Morgan fingerprint density at radius 3 is 2.63 bits per heavy atom. The zero-order valence-corrected chi connectivity index (χ0v) is 17.8. The predicted molar refractivity (Wildman–Crippen MR) is 111 cm³/mol. The van der Waals surface area contributed by atoms with E-state index >= 15 is 0 Å². The van der Waals surface area contributed by atoms with Gasteiger partial charge in [-0.15, -0.1) is 0 Å². The summed E-state index contributed by atoms with van der Waals surface area (Å²) in [7, 11) is 0.